The Bertz CT molecular complexity index is 260. The van der Waals surface area contributed by atoms with Crippen molar-refractivity contribution in [2.45, 2.75) is 12.2 Å². The summed E-state index contributed by atoms with van der Waals surface area (Å²) in [7, 11) is 1.52. The van der Waals surface area contributed by atoms with Crippen LogP contribution in [0, 0.1) is 0 Å². The molecule has 0 aromatic heterocycles. The Morgan fingerprint density at radius 2 is 2.27 bits per heavy atom. The van der Waals surface area contributed by atoms with E-state index in [9.17, 15) is 9.59 Å². The van der Waals surface area contributed by atoms with Gasteiger partial charge in [-0.2, -0.15) is 11.8 Å². The topological polar surface area (TPSA) is 60.9 Å². The van der Waals surface area contributed by atoms with Gasteiger partial charge in [-0.05, 0) is 0 Å². The van der Waals surface area contributed by atoms with E-state index in [1.54, 1.807) is 4.90 Å². The van der Waals surface area contributed by atoms with Gasteiger partial charge in [-0.1, -0.05) is 6.92 Å². The third-order valence-electron chi connectivity index (χ3n) is 2.21. The molecule has 1 saturated heterocycles. The summed E-state index contributed by atoms with van der Waals surface area (Å²) in [6, 6.07) is -0.190. The summed E-state index contributed by atoms with van der Waals surface area (Å²) in [5.41, 5.74) is 0. The number of hydrogen-bond acceptors (Lipinski definition) is 3. The molecule has 0 saturated carbocycles. The Balaban J connectivity index is 2.47. The number of nitrogens with zero attached hydrogens (tertiary/aromatic N) is 2. The first kappa shape index (κ1) is 12.2. The molecule has 1 fully saturated rings. The van der Waals surface area contributed by atoms with Crippen LogP contribution in [0.2, 0.25) is 0 Å². The monoisotopic (exact) mass is 232 g/mol. The molecule has 0 bridgehead atoms. The zero-order valence-corrected chi connectivity index (χ0v) is 9.79. The van der Waals surface area contributed by atoms with Gasteiger partial charge in [-0.15, -0.1) is 0 Å². The van der Waals surface area contributed by atoms with Crippen LogP contribution in [0.4, 0.5) is 4.79 Å². The lowest BCUT2D eigenvalue weighted by atomic mass is 10.4. The largest absolute Gasteiger partial charge is 0.480 e. The van der Waals surface area contributed by atoms with Crippen LogP contribution in [0.25, 0.3) is 0 Å². The van der Waals surface area contributed by atoms with Gasteiger partial charge in [0.2, 0.25) is 0 Å². The number of carboxylic acids is 1. The average molecular weight is 232 g/mol. The van der Waals surface area contributed by atoms with Gasteiger partial charge >= 0.3 is 12.0 Å². The van der Waals surface area contributed by atoms with Crippen molar-refractivity contribution in [3.05, 3.63) is 0 Å². The number of carbonyl (C=O) groups is 2. The highest BCUT2D eigenvalue weighted by Gasteiger charge is 2.24. The van der Waals surface area contributed by atoms with E-state index in [1.807, 2.05) is 11.8 Å². The number of hydrogen-bond donors (Lipinski definition) is 1. The predicted octanol–water partition coefficient (Wildman–Crippen LogP) is 0.560. The number of carboxylic acid groups (broad SMARTS) is 1. The van der Waals surface area contributed by atoms with Gasteiger partial charge in [0.1, 0.15) is 6.54 Å². The first-order valence-electron chi connectivity index (χ1n) is 4.84. The van der Waals surface area contributed by atoms with Gasteiger partial charge in [-0.3, -0.25) is 4.79 Å². The second-order valence-corrected chi connectivity index (χ2v) is 5.21. The van der Waals surface area contributed by atoms with E-state index in [0.717, 1.165) is 5.75 Å². The summed E-state index contributed by atoms with van der Waals surface area (Å²) in [5, 5.41) is 9.00. The molecule has 0 radical (unpaired) electrons. The third-order valence-corrected chi connectivity index (χ3v) is 3.35. The second-order valence-electron chi connectivity index (χ2n) is 3.66. The van der Waals surface area contributed by atoms with E-state index in [1.165, 1.54) is 11.9 Å². The van der Waals surface area contributed by atoms with Crippen LogP contribution in [0.5, 0.6) is 0 Å². The van der Waals surface area contributed by atoms with Crippen LogP contribution in [-0.2, 0) is 4.79 Å². The quantitative estimate of drug-likeness (QED) is 0.755. The summed E-state index contributed by atoms with van der Waals surface area (Å²) in [5.74, 6) is -0.0568. The Morgan fingerprint density at radius 1 is 1.60 bits per heavy atom. The normalized spacial score (nSPS) is 21.2. The van der Waals surface area contributed by atoms with Crippen molar-refractivity contribution in [1.29, 1.82) is 0 Å². The molecule has 6 heteroatoms. The minimum absolute atomic E-state index is 0.190. The van der Waals surface area contributed by atoms with E-state index in [4.69, 9.17) is 5.11 Å². The van der Waals surface area contributed by atoms with E-state index in [0.29, 0.717) is 18.3 Å². The summed E-state index contributed by atoms with van der Waals surface area (Å²) in [6.07, 6.45) is 0. The number of likely N-dealkylation sites (N-methyl/N-ethyl adjacent to an activating group) is 1. The minimum atomic E-state index is -0.981. The zero-order chi connectivity index (χ0) is 11.4. The van der Waals surface area contributed by atoms with Crippen LogP contribution in [0.15, 0.2) is 0 Å². The van der Waals surface area contributed by atoms with Gasteiger partial charge in [-0.25, -0.2) is 4.79 Å². The fraction of sp³-hybridized carbons (Fsp3) is 0.778. The van der Waals surface area contributed by atoms with Gasteiger partial charge in [0, 0.05) is 31.1 Å². The fourth-order valence-corrected chi connectivity index (χ4v) is 2.52. The van der Waals surface area contributed by atoms with Crippen LogP contribution in [-0.4, -0.2) is 64.6 Å². The summed E-state index contributed by atoms with van der Waals surface area (Å²) in [6.45, 7) is 3.24. The maximum atomic E-state index is 11.8. The van der Waals surface area contributed by atoms with Crippen LogP contribution in [0.3, 0.4) is 0 Å². The molecule has 1 aliphatic heterocycles. The summed E-state index contributed by atoms with van der Waals surface area (Å²) < 4.78 is 0. The zero-order valence-electron chi connectivity index (χ0n) is 8.97. The van der Waals surface area contributed by atoms with Crippen molar-refractivity contribution < 1.29 is 14.7 Å². The van der Waals surface area contributed by atoms with Crippen molar-refractivity contribution in [1.82, 2.24) is 9.80 Å². The third kappa shape index (κ3) is 3.62. The molecule has 1 aliphatic rings. The lowest BCUT2D eigenvalue weighted by Crippen LogP contribution is -2.48. The van der Waals surface area contributed by atoms with Crippen molar-refractivity contribution in [3.8, 4) is 0 Å². The molecule has 1 rings (SSSR count). The first-order valence-corrected chi connectivity index (χ1v) is 5.89. The van der Waals surface area contributed by atoms with Gasteiger partial charge in [0.25, 0.3) is 0 Å². The predicted molar refractivity (Wildman–Crippen MR) is 59.2 cm³/mol. The molecule has 0 aromatic rings. The van der Waals surface area contributed by atoms with E-state index in [2.05, 4.69) is 6.92 Å². The Hall–Kier alpha value is -0.910. The lowest BCUT2D eigenvalue weighted by molar-refractivity contribution is -0.137. The highest BCUT2D eigenvalue weighted by atomic mass is 32.2. The van der Waals surface area contributed by atoms with Gasteiger partial charge in [0.05, 0.1) is 0 Å². The molecule has 1 heterocycles. The molecule has 5 nitrogen and oxygen atoms in total. The molecule has 1 unspecified atom stereocenters. The number of aliphatic carboxylic acids is 1. The van der Waals surface area contributed by atoms with Crippen LogP contribution >= 0.6 is 11.8 Å². The Kier molecular flexibility index (Phi) is 4.26. The summed E-state index contributed by atoms with van der Waals surface area (Å²) in [4.78, 5) is 25.2. The lowest BCUT2D eigenvalue weighted by Gasteiger charge is -2.33. The molecule has 86 valence electrons. The SMILES string of the molecule is CC1CN(C(=O)N(C)CC(=O)O)CCS1. The molecule has 1 atom stereocenters. The number of urea groups is 1. The first-order chi connectivity index (χ1) is 7.00. The maximum absolute atomic E-state index is 11.8. The summed E-state index contributed by atoms with van der Waals surface area (Å²) >= 11 is 1.84. The molecule has 0 aliphatic carbocycles. The molecular formula is C9H16N2O3S. The molecular weight excluding hydrogens is 216 g/mol. The van der Waals surface area contributed by atoms with Crippen molar-refractivity contribution >= 4 is 23.8 Å². The van der Waals surface area contributed by atoms with Crippen molar-refractivity contribution in [2.75, 3.05) is 32.4 Å². The standard InChI is InChI=1S/C9H16N2O3S/c1-7-5-11(3-4-15-7)9(14)10(2)6-8(12)13/h7H,3-6H2,1-2H3,(H,12,13). The van der Waals surface area contributed by atoms with Crippen LogP contribution < -0.4 is 0 Å². The highest BCUT2D eigenvalue weighted by molar-refractivity contribution is 7.99. The van der Waals surface area contributed by atoms with Crippen LogP contribution in [0.1, 0.15) is 6.92 Å². The maximum Gasteiger partial charge on any atom is 0.323 e. The van der Waals surface area contributed by atoms with Crippen molar-refractivity contribution in [2.24, 2.45) is 0 Å². The Morgan fingerprint density at radius 3 is 2.80 bits per heavy atom. The fourth-order valence-electron chi connectivity index (χ4n) is 1.50. The van der Waals surface area contributed by atoms with E-state index in [-0.39, 0.29) is 12.6 Å². The molecule has 0 aromatic carbocycles. The molecule has 1 N–H and O–H groups in total. The van der Waals surface area contributed by atoms with Crippen molar-refractivity contribution in [3.63, 3.8) is 0 Å². The smallest absolute Gasteiger partial charge is 0.323 e. The average Bonchev–Trinajstić information content (AvgIpc) is 2.15. The van der Waals surface area contributed by atoms with Gasteiger partial charge < -0.3 is 14.9 Å². The Labute approximate surface area is 93.4 Å². The van der Waals surface area contributed by atoms with Gasteiger partial charge in [0.15, 0.2) is 0 Å². The highest BCUT2D eigenvalue weighted by Crippen LogP contribution is 2.18. The van der Waals surface area contributed by atoms with E-state index >= 15 is 0 Å². The molecule has 0 spiro atoms. The van der Waals surface area contributed by atoms with E-state index < -0.39 is 5.97 Å². The minimum Gasteiger partial charge on any atom is -0.480 e. The number of rotatable bonds is 2. The second kappa shape index (κ2) is 5.25. The molecule has 15 heavy (non-hydrogen) atoms. The number of amides is 2. The molecule has 2 amide bonds. The number of carbonyl (C=O) groups excluding carboxylic acids is 1. The number of thioether (sulfide) groups is 1.